The fraction of sp³-hybridized carbons (Fsp3) is 0.478. The molecular formula is C23H31N3O3S. The first-order valence-electron chi connectivity index (χ1n) is 10.9. The molecule has 0 amide bonds. The van der Waals surface area contributed by atoms with Gasteiger partial charge in [-0.15, -0.1) is 0 Å². The average Bonchev–Trinajstić information content (AvgIpc) is 2.78. The van der Waals surface area contributed by atoms with Crippen molar-refractivity contribution in [3.63, 3.8) is 0 Å². The van der Waals surface area contributed by atoms with Crippen LogP contribution in [0.5, 0.6) is 0 Å². The van der Waals surface area contributed by atoms with Gasteiger partial charge in [0, 0.05) is 30.5 Å². The van der Waals surface area contributed by atoms with Gasteiger partial charge in [-0.05, 0) is 79.8 Å². The largest absolute Gasteiger partial charge is 0.378 e. The van der Waals surface area contributed by atoms with Gasteiger partial charge in [0.15, 0.2) is 0 Å². The molecule has 1 heterocycles. The number of morpholine rings is 1. The van der Waals surface area contributed by atoms with E-state index in [4.69, 9.17) is 4.74 Å². The molecule has 0 unspecified atom stereocenters. The van der Waals surface area contributed by atoms with Gasteiger partial charge < -0.3 is 15.0 Å². The second kappa shape index (κ2) is 9.37. The summed E-state index contributed by atoms with van der Waals surface area (Å²) in [6.45, 7) is 6.29. The number of benzene rings is 2. The number of nitrogens with one attached hydrogen (secondary N) is 2. The van der Waals surface area contributed by atoms with Gasteiger partial charge in [-0.25, -0.2) is 8.42 Å². The highest BCUT2D eigenvalue weighted by Crippen LogP contribution is 2.27. The van der Waals surface area contributed by atoms with Crippen LogP contribution in [-0.2, 0) is 27.6 Å². The number of rotatable bonds is 7. The minimum absolute atomic E-state index is 0.279. The predicted molar refractivity (Wildman–Crippen MR) is 121 cm³/mol. The van der Waals surface area contributed by atoms with E-state index < -0.39 is 10.0 Å². The minimum Gasteiger partial charge on any atom is -0.378 e. The molecule has 2 N–H and O–H groups in total. The topological polar surface area (TPSA) is 70.7 Å². The quantitative estimate of drug-likeness (QED) is 0.707. The number of ether oxygens (including phenoxy) is 1. The molecule has 1 fully saturated rings. The van der Waals surface area contributed by atoms with Crippen LogP contribution in [0.4, 0.5) is 11.4 Å². The third-order valence-corrected chi connectivity index (χ3v) is 7.29. The van der Waals surface area contributed by atoms with E-state index in [1.54, 1.807) is 12.1 Å². The van der Waals surface area contributed by atoms with E-state index >= 15 is 0 Å². The lowest BCUT2D eigenvalue weighted by atomic mass is 9.88. The van der Waals surface area contributed by atoms with E-state index in [0.29, 0.717) is 24.9 Å². The summed E-state index contributed by atoms with van der Waals surface area (Å²) in [7, 11) is -3.62. The summed E-state index contributed by atoms with van der Waals surface area (Å²) in [4.78, 5) is 2.49. The smallest absolute Gasteiger partial charge is 0.261 e. The van der Waals surface area contributed by atoms with Gasteiger partial charge in [0.25, 0.3) is 10.0 Å². The second-order valence-corrected chi connectivity index (χ2v) is 9.76. The molecule has 7 heteroatoms. The molecule has 162 valence electrons. The molecule has 0 spiro atoms. The van der Waals surface area contributed by atoms with Crippen LogP contribution >= 0.6 is 0 Å². The number of nitrogens with zero attached hydrogens (tertiary/aromatic N) is 1. The molecular weight excluding hydrogens is 398 g/mol. The molecule has 1 aliphatic carbocycles. The summed E-state index contributed by atoms with van der Waals surface area (Å²) in [5.41, 5.74) is 4.21. The Morgan fingerprint density at radius 3 is 2.57 bits per heavy atom. The Bertz CT molecular complexity index is 954. The van der Waals surface area contributed by atoms with Crippen LogP contribution in [0.2, 0.25) is 0 Å². The Hall–Kier alpha value is -2.09. The van der Waals surface area contributed by atoms with E-state index in [-0.39, 0.29) is 4.90 Å². The molecule has 0 aromatic heterocycles. The number of fused-ring (bicyclic) bond motifs is 1. The van der Waals surface area contributed by atoms with Crippen LogP contribution < -0.4 is 14.9 Å². The fourth-order valence-corrected chi connectivity index (χ4v) is 5.26. The van der Waals surface area contributed by atoms with Crippen LogP contribution in [0.25, 0.3) is 0 Å². The highest BCUT2D eigenvalue weighted by Gasteiger charge is 2.20. The Balaban J connectivity index is 1.43. The first-order chi connectivity index (χ1) is 14.5. The zero-order chi connectivity index (χ0) is 21.0. The number of aryl methyl sites for hydroxylation is 1. The van der Waals surface area contributed by atoms with E-state index in [1.165, 1.54) is 11.1 Å². The molecule has 6 nitrogen and oxygen atoms in total. The fourth-order valence-electron chi connectivity index (χ4n) is 4.21. The molecule has 1 saturated heterocycles. The molecule has 30 heavy (non-hydrogen) atoms. The Labute approximate surface area is 179 Å². The summed E-state index contributed by atoms with van der Waals surface area (Å²) in [5.74, 6) is 0. The second-order valence-electron chi connectivity index (χ2n) is 8.08. The Kier molecular flexibility index (Phi) is 6.61. The normalized spacial score (nSPS) is 19.4. The number of anilines is 2. The zero-order valence-electron chi connectivity index (χ0n) is 17.6. The van der Waals surface area contributed by atoms with Gasteiger partial charge in [0.2, 0.25) is 0 Å². The van der Waals surface area contributed by atoms with Crippen molar-refractivity contribution >= 4 is 21.4 Å². The summed E-state index contributed by atoms with van der Waals surface area (Å²) in [5, 5.41) is 3.59. The van der Waals surface area contributed by atoms with E-state index in [1.807, 2.05) is 24.3 Å². The van der Waals surface area contributed by atoms with Crippen molar-refractivity contribution in [1.29, 1.82) is 0 Å². The van der Waals surface area contributed by atoms with E-state index in [0.717, 1.165) is 51.0 Å². The van der Waals surface area contributed by atoms with Gasteiger partial charge in [0.1, 0.15) is 0 Å². The summed E-state index contributed by atoms with van der Waals surface area (Å²) in [6, 6.07) is 13.5. The molecule has 0 bridgehead atoms. The van der Waals surface area contributed by atoms with Crippen LogP contribution in [-0.4, -0.2) is 47.3 Å². The lowest BCUT2D eigenvalue weighted by Gasteiger charge is -2.28. The third-order valence-electron chi connectivity index (χ3n) is 5.89. The molecule has 0 radical (unpaired) electrons. The standard InChI is InChI=1S/C23H31N3O3S/c1-2-11-24-20-5-3-19-17-21(6-4-18(19)16-20)25-30(27,28)23-9-7-22(8-10-23)26-12-14-29-15-13-26/h4,6-10,17,20,24-25H,2-3,5,11-16H2,1H3/t20-/m0/s1. The SMILES string of the molecule is CCCN[C@H]1CCc2cc(NS(=O)(=O)c3ccc(N4CCOCC4)cc3)ccc2C1. The van der Waals surface area contributed by atoms with Crippen molar-refractivity contribution in [3.8, 4) is 0 Å². The van der Waals surface area contributed by atoms with Gasteiger partial charge in [0.05, 0.1) is 18.1 Å². The molecule has 4 rings (SSSR count). The number of hydrogen-bond donors (Lipinski definition) is 2. The van der Waals surface area contributed by atoms with Crippen LogP contribution in [0.1, 0.15) is 30.9 Å². The van der Waals surface area contributed by atoms with Gasteiger partial charge in [-0.1, -0.05) is 13.0 Å². The molecule has 2 aromatic carbocycles. The summed E-state index contributed by atoms with van der Waals surface area (Å²) >= 11 is 0. The highest BCUT2D eigenvalue weighted by atomic mass is 32.2. The molecule has 2 aliphatic rings. The van der Waals surface area contributed by atoms with Gasteiger partial charge in [-0.2, -0.15) is 0 Å². The zero-order valence-corrected chi connectivity index (χ0v) is 18.4. The van der Waals surface area contributed by atoms with Crippen molar-refractivity contribution in [2.45, 2.75) is 43.5 Å². The monoisotopic (exact) mass is 429 g/mol. The highest BCUT2D eigenvalue weighted by molar-refractivity contribution is 7.92. The van der Waals surface area contributed by atoms with Crippen molar-refractivity contribution in [1.82, 2.24) is 5.32 Å². The van der Waals surface area contributed by atoms with Crippen molar-refractivity contribution in [2.24, 2.45) is 0 Å². The Morgan fingerprint density at radius 1 is 1.07 bits per heavy atom. The van der Waals surface area contributed by atoms with Crippen molar-refractivity contribution in [3.05, 3.63) is 53.6 Å². The van der Waals surface area contributed by atoms with Crippen molar-refractivity contribution < 1.29 is 13.2 Å². The minimum atomic E-state index is -3.62. The van der Waals surface area contributed by atoms with Crippen LogP contribution in [0.15, 0.2) is 47.4 Å². The number of hydrogen-bond acceptors (Lipinski definition) is 5. The number of sulfonamides is 1. The van der Waals surface area contributed by atoms with Crippen LogP contribution in [0.3, 0.4) is 0 Å². The van der Waals surface area contributed by atoms with Gasteiger partial charge >= 0.3 is 0 Å². The lowest BCUT2D eigenvalue weighted by Crippen LogP contribution is -2.36. The maximum Gasteiger partial charge on any atom is 0.261 e. The van der Waals surface area contributed by atoms with E-state index in [2.05, 4.69) is 27.9 Å². The average molecular weight is 430 g/mol. The first-order valence-corrected chi connectivity index (χ1v) is 12.3. The molecule has 1 atom stereocenters. The lowest BCUT2D eigenvalue weighted by molar-refractivity contribution is 0.122. The third kappa shape index (κ3) is 4.96. The van der Waals surface area contributed by atoms with E-state index in [9.17, 15) is 8.42 Å². The predicted octanol–water partition coefficient (Wildman–Crippen LogP) is 3.18. The maximum absolute atomic E-state index is 12.9. The summed E-state index contributed by atoms with van der Waals surface area (Å²) in [6.07, 6.45) is 4.20. The van der Waals surface area contributed by atoms with Crippen molar-refractivity contribution in [2.75, 3.05) is 42.5 Å². The van der Waals surface area contributed by atoms with Crippen LogP contribution in [0, 0.1) is 0 Å². The summed E-state index contributed by atoms with van der Waals surface area (Å²) < 4.78 is 33.9. The Morgan fingerprint density at radius 2 is 1.83 bits per heavy atom. The molecule has 0 saturated carbocycles. The van der Waals surface area contributed by atoms with Gasteiger partial charge in [-0.3, -0.25) is 4.72 Å². The molecule has 1 aliphatic heterocycles. The first kappa shape index (κ1) is 21.2. The molecule has 2 aromatic rings. The maximum atomic E-state index is 12.9.